The molecule has 0 bridgehead atoms. The van der Waals surface area contributed by atoms with Crippen LogP contribution in [0.2, 0.25) is 0 Å². The Labute approximate surface area is 146 Å². The van der Waals surface area contributed by atoms with Crippen molar-refractivity contribution in [3.63, 3.8) is 0 Å². The summed E-state index contributed by atoms with van der Waals surface area (Å²) in [4.78, 5) is 24.2. The van der Waals surface area contributed by atoms with E-state index in [2.05, 4.69) is 10.6 Å². The van der Waals surface area contributed by atoms with E-state index in [1.807, 2.05) is 6.92 Å². The van der Waals surface area contributed by atoms with Gasteiger partial charge in [0.1, 0.15) is 11.9 Å². The first-order valence-corrected chi connectivity index (χ1v) is 8.46. The van der Waals surface area contributed by atoms with Crippen molar-refractivity contribution in [1.29, 1.82) is 0 Å². The van der Waals surface area contributed by atoms with Gasteiger partial charge >= 0.3 is 0 Å². The lowest BCUT2D eigenvalue weighted by Gasteiger charge is -2.16. The van der Waals surface area contributed by atoms with E-state index in [1.54, 1.807) is 36.4 Å². The molecule has 1 aromatic heterocycles. The second-order valence-electron chi connectivity index (χ2n) is 6.47. The molecule has 2 atom stereocenters. The Balaban J connectivity index is 1.52. The number of furan rings is 1. The average molecular weight is 342 g/mol. The summed E-state index contributed by atoms with van der Waals surface area (Å²) in [7, 11) is 0. The van der Waals surface area contributed by atoms with Crippen molar-refractivity contribution in [3.05, 3.63) is 59.5 Å². The van der Waals surface area contributed by atoms with Crippen LogP contribution in [-0.2, 0) is 0 Å². The summed E-state index contributed by atoms with van der Waals surface area (Å²) >= 11 is 0. The Bertz CT molecular complexity index is 720. The van der Waals surface area contributed by atoms with Gasteiger partial charge in [-0.3, -0.25) is 9.59 Å². The van der Waals surface area contributed by atoms with Gasteiger partial charge in [0.05, 0.1) is 6.26 Å². The van der Waals surface area contributed by atoms with E-state index in [0.717, 1.165) is 12.8 Å². The van der Waals surface area contributed by atoms with Gasteiger partial charge in [-0.15, -0.1) is 0 Å². The topological polar surface area (TPSA) is 91.6 Å². The van der Waals surface area contributed by atoms with Crippen LogP contribution >= 0.6 is 0 Å². The molecule has 2 unspecified atom stereocenters. The third-order valence-electron chi connectivity index (χ3n) is 4.15. The van der Waals surface area contributed by atoms with Gasteiger partial charge < -0.3 is 20.2 Å². The highest BCUT2D eigenvalue weighted by molar-refractivity contribution is 5.98. The molecule has 6 heteroatoms. The summed E-state index contributed by atoms with van der Waals surface area (Å²) in [5.74, 6) is 0.129. The summed E-state index contributed by atoms with van der Waals surface area (Å²) in [5.41, 5.74) is 1.02. The highest BCUT2D eigenvalue weighted by atomic mass is 16.4. The van der Waals surface area contributed by atoms with Crippen molar-refractivity contribution in [2.75, 3.05) is 0 Å². The van der Waals surface area contributed by atoms with Gasteiger partial charge in [-0.2, -0.15) is 0 Å². The Hall–Kier alpha value is -2.60. The molecule has 0 spiro atoms. The first-order valence-electron chi connectivity index (χ1n) is 8.46. The van der Waals surface area contributed by atoms with Gasteiger partial charge in [0.2, 0.25) is 0 Å². The number of rotatable bonds is 7. The zero-order valence-electron chi connectivity index (χ0n) is 14.1. The van der Waals surface area contributed by atoms with Gasteiger partial charge in [-0.05, 0) is 56.2 Å². The molecule has 132 valence electrons. The fourth-order valence-electron chi connectivity index (χ4n) is 2.57. The van der Waals surface area contributed by atoms with Crippen LogP contribution in [0.25, 0.3) is 0 Å². The molecule has 2 aromatic rings. The van der Waals surface area contributed by atoms with Crippen molar-refractivity contribution in [2.24, 2.45) is 0 Å². The third kappa shape index (κ3) is 4.70. The Morgan fingerprint density at radius 1 is 1.16 bits per heavy atom. The molecule has 1 aliphatic rings. The lowest BCUT2D eigenvalue weighted by atomic mass is 10.1. The lowest BCUT2D eigenvalue weighted by molar-refractivity contribution is 0.0900. The zero-order valence-corrected chi connectivity index (χ0v) is 14.1. The summed E-state index contributed by atoms with van der Waals surface area (Å²) in [5, 5.41) is 15.8. The van der Waals surface area contributed by atoms with Gasteiger partial charge in [-0.1, -0.05) is 0 Å². The number of carbonyl (C=O) groups is 2. The maximum absolute atomic E-state index is 12.3. The summed E-state index contributed by atoms with van der Waals surface area (Å²) in [6, 6.07) is 10.0. The minimum atomic E-state index is -0.765. The molecule has 0 saturated heterocycles. The van der Waals surface area contributed by atoms with Crippen molar-refractivity contribution in [1.82, 2.24) is 10.6 Å². The maximum atomic E-state index is 12.3. The first kappa shape index (κ1) is 17.2. The molecule has 3 rings (SSSR count). The van der Waals surface area contributed by atoms with E-state index in [9.17, 15) is 14.7 Å². The molecule has 1 fully saturated rings. The lowest BCUT2D eigenvalue weighted by Crippen LogP contribution is -2.33. The van der Waals surface area contributed by atoms with Crippen molar-refractivity contribution in [2.45, 2.75) is 44.4 Å². The van der Waals surface area contributed by atoms with Crippen LogP contribution in [0.4, 0.5) is 0 Å². The summed E-state index contributed by atoms with van der Waals surface area (Å²) < 4.78 is 5.15. The Morgan fingerprint density at radius 2 is 1.80 bits per heavy atom. The molecule has 25 heavy (non-hydrogen) atoms. The molecule has 1 saturated carbocycles. The maximum Gasteiger partial charge on any atom is 0.251 e. The first-order chi connectivity index (χ1) is 12.0. The SMILES string of the molecule is CC(CC(O)c1ccco1)NC(=O)c1ccc(C(=O)NC2CC2)cc1. The summed E-state index contributed by atoms with van der Waals surface area (Å²) in [6.07, 6.45) is 3.16. The normalized spacial score (nSPS) is 16.1. The van der Waals surface area contributed by atoms with Crippen molar-refractivity contribution < 1.29 is 19.1 Å². The van der Waals surface area contributed by atoms with Crippen LogP contribution in [0, 0.1) is 0 Å². The quantitative estimate of drug-likeness (QED) is 0.720. The van der Waals surface area contributed by atoms with Crippen LogP contribution in [0.1, 0.15) is 58.8 Å². The van der Waals surface area contributed by atoms with E-state index in [0.29, 0.717) is 29.3 Å². The number of amides is 2. The Kier molecular flexibility index (Phi) is 5.19. The molecule has 2 amide bonds. The average Bonchev–Trinajstić information content (AvgIpc) is 3.23. The van der Waals surface area contributed by atoms with E-state index >= 15 is 0 Å². The number of aliphatic hydroxyl groups excluding tert-OH is 1. The fourth-order valence-corrected chi connectivity index (χ4v) is 2.57. The van der Waals surface area contributed by atoms with Crippen LogP contribution < -0.4 is 10.6 Å². The van der Waals surface area contributed by atoms with Crippen LogP contribution in [0.3, 0.4) is 0 Å². The number of hydrogen-bond donors (Lipinski definition) is 3. The standard InChI is InChI=1S/C19H22N2O4/c1-12(11-16(22)17-3-2-10-25-17)20-18(23)13-4-6-14(7-5-13)19(24)21-15-8-9-15/h2-7,10,12,15-16,22H,8-9,11H2,1H3,(H,20,23)(H,21,24). The third-order valence-corrected chi connectivity index (χ3v) is 4.15. The molecule has 6 nitrogen and oxygen atoms in total. The smallest absolute Gasteiger partial charge is 0.251 e. The highest BCUT2D eigenvalue weighted by Gasteiger charge is 2.24. The predicted octanol–water partition coefficient (Wildman–Crippen LogP) is 2.41. The number of carbonyl (C=O) groups excluding carboxylic acids is 2. The minimum absolute atomic E-state index is 0.107. The molecule has 1 aliphatic carbocycles. The van der Waals surface area contributed by atoms with Crippen LogP contribution in [-0.4, -0.2) is 29.0 Å². The molecule has 0 aliphatic heterocycles. The molecule has 1 aromatic carbocycles. The van der Waals surface area contributed by atoms with E-state index in [-0.39, 0.29) is 17.9 Å². The second kappa shape index (κ2) is 7.53. The number of hydrogen-bond acceptors (Lipinski definition) is 4. The Morgan fingerprint density at radius 3 is 2.36 bits per heavy atom. The minimum Gasteiger partial charge on any atom is -0.467 e. The van der Waals surface area contributed by atoms with E-state index in [1.165, 1.54) is 6.26 Å². The monoisotopic (exact) mass is 342 g/mol. The zero-order chi connectivity index (χ0) is 17.8. The molecular formula is C19H22N2O4. The molecule has 3 N–H and O–H groups in total. The van der Waals surface area contributed by atoms with Gasteiger partial charge in [0.15, 0.2) is 0 Å². The van der Waals surface area contributed by atoms with Crippen molar-refractivity contribution >= 4 is 11.8 Å². The van der Waals surface area contributed by atoms with Gasteiger partial charge in [0.25, 0.3) is 11.8 Å². The van der Waals surface area contributed by atoms with Crippen molar-refractivity contribution in [3.8, 4) is 0 Å². The van der Waals surface area contributed by atoms with E-state index < -0.39 is 6.10 Å². The van der Waals surface area contributed by atoms with Crippen LogP contribution in [0.15, 0.2) is 47.1 Å². The largest absolute Gasteiger partial charge is 0.467 e. The number of aliphatic hydroxyl groups is 1. The summed E-state index contributed by atoms with van der Waals surface area (Å²) in [6.45, 7) is 1.82. The predicted molar refractivity (Wildman–Crippen MR) is 92.1 cm³/mol. The van der Waals surface area contributed by atoms with Gasteiger partial charge in [0, 0.05) is 29.6 Å². The van der Waals surface area contributed by atoms with Gasteiger partial charge in [-0.25, -0.2) is 0 Å². The number of benzene rings is 1. The van der Waals surface area contributed by atoms with E-state index in [4.69, 9.17) is 4.42 Å². The highest BCUT2D eigenvalue weighted by Crippen LogP contribution is 2.20. The molecule has 0 radical (unpaired) electrons. The molecular weight excluding hydrogens is 320 g/mol. The second-order valence-corrected chi connectivity index (χ2v) is 6.47. The number of nitrogens with one attached hydrogen (secondary N) is 2. The molecule has 1 heterocycles. The fraction of sp³-hybridized carbons (Fsp3) is 0.368. The van der Waals surface area contributed by atoms with Crippen LogP contribution in [0.5, 0.6) is 0 Å².